The maximum Gasteiger partial charge on any atom is 0.0741 e. The molecule has 1 aliphatic heterocycles. The number of benzene rings is 10. The average molecular weight is 794 g/mol. The summed E-state index contributed by atoms with van der Waals surface area (Å²) in [7, 11) is 0. The summed E-state index contributed by atoms with van der Waals surface area (Å²) >= 11 is 1.92. The fourth-order valence-corrected chi connectivity index (χ4v) is 11.4. The molecule has 0 fully saturated rings. The van der Waals surface area contributed by atoms with Gasteiger partial charge in [-0.1, -0.05) is 206 Å². The van der Waals surface area contributed by atoms with Crippen molar-refractivity contribution in [1.82, 2.24) is 0 Å². The molecule has 1 nitrogen and oxygen atoms in total. The van der Waals surface area contributed by atoms with Gasteiger partial charge in [0.2, 0.25) is 0 Å². The molecular weight excluding hydrogens is 755 g/mol. The van der Waals surface area contributed by atoms with Crippen LogP contribution in [0.15, 0.2) is 246 Å². The first-order valence-corrected chi connectivity index (χ1v) is 21.8. The van der Waals surface area contributed by atoms with Crippen molar-refractivity contribution in [3.05, 3.63) is 259 Å². The summed E-state index contributed by atoms with van der Waals surface area (Å²) in [6.45, 7) is 0. The monoisotopic (exact) mass is 793 g/mol. The summed E-state index contributed by atoms with van der Waals surface area (Å²) in [6, 6.07) is 87.0. The van der Waals surface area contributed by atoms with Gasteiger partial charge < -0.3 is 4.90 Å². The minimum atomic E-state index is -0.464. The maximum absolute atomic E-state index is 2.39. The third-order valence-corrected chi connectivity index (χ3v) is 14.0. The Labute approximate surface area is 361 Å². The van der Waals surface area contributed by atoms with Crippen molar-refractivity contribution < 1.29 is 0 Å². The number of anilines is 3. The van der Waals surface area contributed by atoms with Crippen LogP contribution in [-0.2, 0) is 5.41 Å². The number of nitrogens with zero attached hydrogens (tertiary/aromatic N) is 1. The molecule has 1 aliphatic carbocycles. The first-order valence-electron chi connectivity index (χ1n) is 21.0. The molecule has 286 valence electrons. The van der Waals surface area contributed by atoms with E-state index in [0.29, 0.717) is 0 Å². The number of hydrogen-bond donors (Lipinski definition) is 0. The summed E-state index contributed by atoms with van der Waals surface area (Å²) in [6.07, 6.45) is 0. The van der Waals surface area contributed by atoms with Gasteiger partial charge in [0.15, 0.2) is 0 Å². The topological polar surface area (TPSA) is 3.24 Å². The van der Waals surface area contributed by atoms with Crippen LogP contribution in [0.25, 0.3) is 55.3 Å². The third-order valence-electron chi connectivity index (χ3n) is 12.8. The van der Waals surface area contributed by atoms with Crippen molar-refractivity contribution in [2.75, 3.05) is 4.90 Å². The van der Waals surface area contributed by atoms with E-state index < -0.39 is 5.41 Å². The van der Waals surface area contributed by atoms with Gasteiger partial charge in [0.1, 0.15) is 0 Å². The van der Waals surface area contributed by atoms with Crippen LogP contribution in [0.2, 0.25) is 0 Å². The summed E-state index contributed by atoms with van der Waals surface area (Å²) in [5, 5.41) is 2.58. The Balaban J connectivity index is 1.00. The van der Waals surface area contributed by atoms with Crippen LogP contribution in [0.4, 0.5) is 17.1 Å². The van der Waals surface area contributed by atoms with Crippen LogP contribution in [0.3, 0.4) is 0 Å². The Hall–Kier alpha value is -7.39. The highest BCUT2D eigenvalue weighted by molar-refractivity contribution is 7.99. The molecule has 61 heavy (non-hydrogen) atoms. The smallest absolute Gasteiger partial charge is 0.0741 e. The molecule has 0 amide bonds. The Morgan fingerprint density at radius 1 is 0.311 bits per heavy atom. The largest absolute Gasteiger partial charge is 0.311 e. The van der Waals surface area contributed by atoms with Crippen LogP contribution in [0, 0.1) is 0 Å². The minimum absolute atomic E-state index is 0.464. The molecule has 0 saturated heterocycles. The predicted octanol–water partition coefficient (Wildman–Crippen LogP) is 16.1. The standard InChI is InChI=1S/C59H39NS/c1-3-14-40(15-4-1)42-26-33-46(34-27-42)60(47-35-28-43(29-36-47)41-16-5-2-6-17-41)48-37-30-45(31-38-48)50-22-13-25-55-58(50)61-56-39-32-44-18-7-8-19-49(44)57(56)59(55)53-23-11-9-20-51(53)52-21-10-12-24-54(52)59/h1-39H. The van der Waals surface area contributed by atoms with Gasteiger partial charge in [-0.15, -0.1) is 0 Å². The molecular formula is C59H39NS. The van der Waals surface area contributed by atoms with Crippen molar-refractivity contribution in [2.24, 2.45) is 0 Å². The molecule has 0 aromatic heterocycles. The van der Waals surface area contributed by atoms with Gasteiger partial charge in [-0.05, 0) is 120 Å². The molecule has 2 aliphatic rings. The SMILES string of the molecule is c1ccc(-c2ccc(N(c3ccc(-c4ccccc4)cc3)c3ccc(-c4cccc5c4Sc4ccc6ccccc6c4C54c5ccccc5-c5ccccc54)cc3)cc2)cc1. The summed E-state index contributed by atoms with van der Waals surface area (Å²) in [4.78, 5) is 4.99. The molecule has 2 heteroatoms. The quantitative estimate of drug-likeness (QED) is 0.165. The van der Waals surface area contributed by atoms with E-state index in [4.69, 9.17) is 0 Å². The normalized spacial score (nSPS) is 13.0. The lowest BCUT2D eigenvalue weighted by atomic mass is 9.66. The van der Waals surface area contributed by atoms with Crippen LogP contribution in [0.5, 0.6) is 0 Å². The molecule has 10 aromatic rings. The number of rotatable bonds is 6. The van der Waals surface area contributed by atoms with Gasteiger partial charge in [0, 0.05) is 26.9 Å². The summed E-state index contributed by atoms with van der Waals surface area (Å²) in [5.41, 5.74) is 18.2. The van der Waals surface area contributed by atoms with Crippen molar-refractivity contribution in [3.8, 4) is 44.5 Å². The molecule has 0 atom stereocenters. The van der Waals surface area contributed by atoms with Crippen molar-refractivity contribution in [2.45, 2.75) is 15.2 Å². The van der Waals surface area contributed by atoms with E-state index in [1.807, 2.05) is 11.8 Å². The second kappa shape index (κ2) is 14.4. The van der Waals surface area contributed by atoms with Gasteiger partial charge in [-0.2, -0.15) is 0 Å². The lowest BCUT2D eigenvalue weighted by Gasteiger charge is -2.41. The highest BCUT2D eigenvalue weighted by Gasteiger charge is 2.51. The van der Waals surface area contributed by atoms with E-state index >= 15 is 0 Å². The van der Waals surface area contributed by atoms with Crippen LogP contribution in [-0.4, -0.2) is 0 Å². The first-order chi connectivity index (χ1) is 30.3. The van der Waals surface area contributed by atoms with Crippen LogP contribution >= 0.6 is 11.8 Å². The van der Waals surface area contributed by atoms with E-state index in [1.165, 1.54) is 87.3 Å². The van der Waals surface area contributed by atoms with E-state index in [9.17, 15) is 0 Å². The van der Waals surface area contributed by atoms with E-state index in [0.717, 1.165) is 17.1 Å². The molecule has 12 rings (SSSR count). The van der Waals surface area contributed by atoms with E-state index in [-0.39, 0.29) is 0 Å². The zero-order chi connectivity index (χ0) is 40.3. The Morgan fingerprint density at radius 3 is 1.33 bits per heavy atom. The highest BCUT2D eigenvalue weighted by Crippen LogP contribution is 2.64. The molecule has 1 heterocycles. The fraction of sp³-hybridized carbons (Fsp3) is 0.0169. The molecule has 0 radical (unpaired) electrons. The lowest BCUT2D eigenvalue weighted by Crippen LogP contribution is -2.32. The van der Waals surface area contributed by atoms with Crippen molar-refractivity contribution in [3.63, 3.8) is 0 Å². The molecule has 1 spiro atoms. The lowest BCUT2D eigenvalue weighted by molar-refractivity contribution is 0.731. The second-order valence-electron chi connectivity index (χ2n) is 16.0. The van der Waals surface area contributed by atoms with Crippen molar-refractivity contribution in [1.29, 1.82) is 0 Å². The summed E-state index contributed by atoms with van der Waals surface area (Å²) < 4.78 is 0. The Kier molecular flexibility index (Phi) is 8.40. The van der Waals surface area contributed by atoms with Gasteiger partial charge in [-0.25, -0.2) is 0 Å². The fourth-order valence-electron chi connectivity index (χ4n) is 10.0. The van der Waals surface area contributed by atoms with E-state index in [1.54, 1.807) is 0 Å². The molecule has 0 unspecified atom stereocenters. The molecule has 0 N–H and O–H groups in total. The minimum Gasteiger partial charge on any atom is -0.311 e. The molecule has 0 bridgehead atoms. The Morgan fingerprint density at radius 2 is 0.754 bits per heavy atom. The maximum atomic E-state index is 2.39. The van der Waals surface area contributed by atoms with Crippen LogP contribution < -0.4 is 4.90 Å². The molecule has 0 saturated carbocycles. The van der Waals surface area contributed by atoms with E-state index in [2.05, 4.69) is 241 Å². The second-order valence-corrected chi connectivity index (χ2v) is 17.0. The zero-order valence-electron chi connectivity index (χ0n) is 33.4. The first kappa shape index (κ1) is 35.5. The number of fused-ring (bicyclic) bond motifs is 11. The molecule has 10 aromatic carbocycles. The van der Waals surface area contributed by atoms with Gasteiger partial charge in [-0.3, -0.25) is 0 Å². The zero-order valence-corrected chi connectivity index (χ0v) is 34.2. The Bertz CT molecular complexity index is 3110. The highest BCUT2D eigenvalue weighted by atomic mass is 32.2. The summed E-state index contributed by atoms with van der Waals surface area (Å²) in [5.74, 6) is 0. The third kappa shape index (κ3) is 5.64. The predicted molar refractivity (Wildman–Crippen MR) is 256 cm³/mol. The van der Waals surface area contributed by atoms with Crippen LogP contribution in [0.1, 0.15) is 22.3 Å². The van der Waals surface area contributed by atoms with Gasteiger partial charge >= 0.3 is 0 Å². The average Bonchev–Trinajstić information content (AvgIpc) is 3.63. The van der Waals surface area contributed by atoms with Gasteiger partial charge in [0.05, 0.1) is 5.41 Å². The van der Waals surface area contributed by atoms with Crippen molar-refractivity contribution >= 4 is 39.6 Å². The van der Waals surface area contributed by atoms with Gasteiger partial charge in [0.25, 0.3) is 0 Å². The number of hydrogen-bond acceptors (Lipinski definition) is 2.